The Hall–Kier alpha value is -1.70. The number of hydrogen-bond acceptors (Lipinski definition) is 4. The fraction of sp³-hybridized carbons (Fsp3) is 0.182. The molecule has 1 amide bonds. The molecular formula is C11H9ClN4O2S. The van der Waals surface area contributed by atoms with Crippen LogP contribution >= 0.6 is 23.8 Å². The monoisotopic (exact) mass is 296 g/mol. The molecular weight excluding hydrogens is 288 g/mol. The minimum absolute atomic E-state index is 0.136. The van der Waals surface area contributed by atoms with Crippen molar-refractivity contribution in [2.24, 2.45) is 5.10 Å². The van der Waals surface area contributed by atoms with Crippen molar-refractivity contribution in [1.82, 2.24) is 10.7 Å². The molecule has 2 aliphatic rings. The summed E-state index contributed by atoms with van der Waals surface area (Å²) in [6.07, 6.45) is 0. The van der Waals surface area contributed by atoms with Crippen molar-refractivity contribution in [3.63, 3.8) is 0 Å². The number of carbonyl (C=O) groups excluding carboxylic acids is 1. The first kappa shape index (κ1) is 12.3. The van der Waals surface area contributed by atoms with Gasteiger partial charge in [-0.05, 0) is 30.4 Å². The Kier molecular flexibility index (Phi) is 2.53. The molecule has 19 heavy (non-hydrogen) atoms. The van der Waals surface area contributed by atoms with Crippen molar-refractivity contribution in [1.29, 1.82) is 0 Å². The van der Waals surface area contributed by atoms with Gasteiger partial charge in [-0.1, -0.05) is 11.6 Å². The van der Waals surface area contributed by atoms with Gasteiger partial charge in [-0.25, -0.2) is 0 Å². The van der Waals surface area contributed by atoms with Crippen LogP contribution in [0.3, 0.4) is 0 Å². The molecule has 0 radical (unpaired) electrons. The van der Waals surface area contributed by atoms with Crippen LogP contribution in [0.4, 0.5) is 5.69 Å². The molecule has 0 aromatic heterocycles. The van der Waals surface area contributed by atoms with Crippen molar-refractivity contribution in [3.05, 3.63) is 28.8 Å². The number of rotatable bonds is 0. The van der Waals surface area contributed by atoms with E-state index in [-0.39, 0.29) is 16.7 Å². The van der Waals surface area contributed by atoms with Gasteiger partial charge >= 0.3 is 0 Å². The first-order chi connectivity index (χ1) is 8.93. The molecule has 1 atom stereocenters. The van der Waals surface area contributed by atoms with E-state index in [1.807, 2.05) is 0 Å². The van der Waals surface area contributed by atoms with Gasteiger partial charge < -0.3 is 10.4 Å². The molecule has 1 aromatic carbocycles. The number of anilines is 1. The third-order valence-electron chi connectivity index (χ3n) is 2.98. The summed E-state index contributed by atoms with van der Waals surface area (Å²) in [4.78, 5) is 13.0. The van der Waals surface area contributed by atoms with Gasteiger partial charge in [0.05, 0.1) is 5.69 Å². The Morgan fingerprint density at radius 1 is 1.58 bits per heavy atom. The van der Waals surface area contributed by atoms with Crippen molar-refractivity contribution in [2.45, 2.75) is 12.8 Å². The molecule has 0 saturated heterocycles. The third kappa shape index (κ3) is 1.62. The Labute approximate surface area is 119 Å². The van der Waals surface area contributed by atoms with Crippen molar-refractivity contribution < 1.29 is 9.90 Å². The predicted molar refractivity (Wildman–Crippen MR) is 75.0 cm³/mol. The first-order valence-electron chi connectivity index (χ1n) is 5.43. The van der Waals surface area contributed by atoms with Crippen LogP contribution in [0.25, 0.3) is 0 Å². The summed E-state index contributed by atoms with van der Waals surface area (Å²) >= 11 is 10.9. The molecule has 98 valence electrons. The van der Waals surface area contributed by atoms with Crippen LogP contribution < -0.4 is 15.6 Å². The lowest BCUT2D eigenvalue weighted by atomic mass is 10.1. The van der Waals surface area contributed by atoms with Gasteiger partial charge in [-0.2, -0.15) is 5.10 Å². The number of hydrazone groups is 1. The van der Waals surface area contributed by atoms with Crippen LogP contribution in [0.1, 0.15) is 12.5 Å². The lowest BCUT2D eigenvalue weighted by Gasteiger charge is -2.36. The maximum atomic E-state index is 11.8. The first-order valence-corrected chi connectivity index (χ1v) is 6.21. The molecule has 0 aliphatic carbocycles. The summed E-state index contributed by atoms with van der Waals surface area (Å²) in [7, 11) is 0. The average molecular weight is 297 g/mol. The quantitative estimate of drug-likeness (QED) is 0.609. The molecule has 1 unspecified atom stereocenters. The van der Waals surface area contributed by atoms with Gasteiger partial charge in [-0.15, -0.1) is 0 Å². The molecule has 0 saturated carbocycles. The molecule has 2 aliphatic heterocycles. The van der Waals surface area contributed by atoms with Gasteiger partial charge in [0.25, 0.3) is 5.85 Å². The number of halogens is 1. The number of amides is 1. The fourth-order valence-corrected chi connectivity index (χ4v) is 2.66. The van der Waals surface area contributed by atoms with E-state index in [0.29, 0.717) is 16.3 Å². The molecule has 6 nitrogen and oxygen atoms in total. The highest BCUT2D eigenvalue weighted by Crippen LogP contribution is 2.38. The predicted octanol–water partition coefficient (Wildman–Crippen LogP) is 0.534. The Morgan fingerprint density at radius 3 is 3.00 bits per heavy atom. The van der Waals surface area contributed by atoms with E-state index >= 15 is 0 Å². The zero-order valence-electron chi connectivity index (χ0n) is 9.77. The minimum Gasteiger partial charge on any atom is -0.349 e. The van der Waals surface area contributed by atoms with Crippen molar-refractivity contribution >= 4 is 46.2 Å². The maximum absolute atomic E-state index is 11.8. The molecule has 8 heteroatoms. The number of fused-ring (bicyclic) bond motifs is 3. The van der Waals surface area contributed by atoms with Crippen molar-refractivity contribution in [3.8, 4) is 0 Å². The van der Waals surface area contributed by atoms with E-state index in [0.717, 1.165) is 0 Å². The minimum atomic E-state index is -1.78. The number of nitrogens with one attached hydrogen (secondary N) is 2. The van der Waals surface area contributed by atoms with E-state index in [1.54, 1.807) is 18.2 Å². The smallest absolute Gasteiger partial charge is 0.273 e. The van der Waals surface area contributed by atoms with Gasteiger partial charge in [0.2, 0.25) is 5.91 Å². The SMILES string of the molecule is CC(=O)N1c2ccc(Cl)cc2C2=NNC(=S)NC21O. The average Bonchev–Trinajstić information content (AvgIpc) is 2.55. The topological polar surface area (TPSA) is 77.0 Å². The van der Waals surface area contributed by atoms with Crippen LogP contribution in [-0.2, 0) is 4.79 Å². The molecule has 3 rings (SSSR count). The summed E-state index contributed by atoms with van der Waals surface area (Å²) in [5.74, 6) is -2.12. The third-order valence-corrected chi connectivity index (χ3v) is 3.41. The summed E-state index contributed by atoms with van der Waals surface area (Å²) in [6, 6.07) is 4.94. The zero-order chi connectivity index (χ0) is 13.8. The van der Waals surface area contributed by atoms with E-state index in [1.165, 1.54) is 11.8 Å². The Bertz CT molecular complexity index is 648. The number of nitrogens with zero attached hydrogens (tertiary/aromatic N) is 2. The highest BCUT2D eigenvalue weighted by atomic mass is 35.5. The van der Waals surface area contributed by atoms with Crippen LogP contribution in [-0.4, -0.2) is 27.7 Å². The molecule has 1 aromatic rings. The summed E-state index contributed by atoms with van der Waals surface area (Å²) in [5.41, 5.74) is 3.93. The molecule has 3 N–H and O–H groups in total. The molecule has 0 spiro atoms. The van der Waals surface area contributed by atoms with Crippen LogP contribution in [0.5, 0.6) is 0 Å². The lowest BCUT2D eigenvalue weighted by Crippen LogP contribution is -2.68. The second-order valence-corrected chi connectivity index (χ2v) is 5.06. The van der Waals surface area contributed by atoms with Gasteiger partial charge in [0.15, 0.2) is 5.11 Å². The van der Waals surface area contributed by atoms with Gasteiger partial charge in [0.1, 0.15) is 5.71 Å². The highest BCUT2D eigenvalue weighted by Gasteiger charge is 2.52. The van der Waals surface area contributed by atoms with Crippen LogP contribution in [0.15, 0.2) is 23.3 Å². The van der Waals surface area contributed by atoms with E-state index in [2.05, 4.69) is 15.8 Å². The van der Waals surface area contributed by atoms with Crippen LogP contribution in [0, 0.1) is 0 Å². The van der Waals surface area contributed by atoms with Gasteiger partial charge in [0, 0.05) is 17.5 Å². The van der Waals surface area contributed by atoms with Gasteiger partial charge in [-0.3, -0.25) is 15.1 Å². The number of carbonyl (C=O) groups is 1. The second kappa shape index (κ2) is 3.89. The van der Waals surface area contributed by atoms with E-state index in [9.17, 15) is 9.90 Å². The molecule has 2 heterocycles. The lowest BCUT2D eigenvalue weighted by molar-refractivity contribution is -0.119. The second-order valence-electron chi connectivity index (χ2n) is 4.21. The Balaban J connectivity index is 2.28. The highest BCUT2D eigenvalue weighted by molar-refractivity contribution is 7.80. The number of thiocarbonyl (C=S) groups is 1. The van der Waals surface area contributed by atoms with Crippen molar-refractivity contribution in [2.75, 3.05) is 4.90 Å². The molecule has 0 bridgehead atoms. The van der Waals surface area contributed by atoms with E-state index < -0.39 is 5.85 Å². The summed E-state index contributed by atoms with van der Waals surface area (Å²) in [6.45, 7) is 1.35. The van der Waals surface area contributed by atoms with E-state index in [4.69, 9.17) is 23.8 Å². The fourth-order valence-electron chi connectivity index (χ4n) is 2.30. The summed E-state index contributed by atoms with van der Waals surface area (Å²) < 4.78 is 0. The number of hydrogen-bond donors (Lipinski definition) is 3. The maximum Gasteiger partial charge on any atom is 0.273 e. The Morgan fingerprint density at radius 2 is 2.32 bits per heavy atom. The number of aliphatic hydroxyl groups is 1. The largest absolute Gasteiger partial charge is 0.349 e. The molecule has 0 fully saturated rings. The van der Waals surface area contributed by atoms with Crippen LogP contribution in [0.2, 0.25) is 5.02 Å². The number of benzene rings is 1. The standard InChI is InChI=1S/C11H9ClN4O2S/c1-5(17)16-8-3-2-6(12)4-7(8)9-11(16,18)13-10(19)15-14-9/h2-4,18H,1H3,(H2,13,15,19). The zero-order valence-corrected chi connectivity index (χ0v) is 11.3. The summed E-state index contributed by atoms with van der Waals surface area (Å²) in [5, 5.41) is 18.0. The normalized spacial score (nSPS) is 24.1.